The average Bonchev–Trinajstić information content (AvgIpc) is 2.16. The molecule has 0 spiro atoms. The fourth-order valence-corrected chi connectivity index (χ4v) is 2.30. The summed E-state index contributed by atoms with van der Waals surface area (Å²) in [7, 11) is 0. The predicted octanol–water partition coefficient (Wildman–Crippen LogP) is 3.08. The Balaban J connectivity index is 2.56. The fourth-order valence-electron chi connectivity index (χ4n) is 2.30. The number of hydrogen-bond acceptors (Lipinski definition) is 1. The highest BCUT2D eigenvalue weighted by molar-refractivity contribution is 5.74. The van der Waals surface area contributed by atoms with Crippen molar-refractivity contribution in [3.05, 3.63) is 0 Å². The molecule has 0 aromatic rings. The summed E-state index contributed by atoms with van der Waals surface area (Å²) in [4.78, 5) is 11.1. The highest BCUT2D eigenvalue weighted by Gasteiger charge is 2.39. The lowest BCUT2D eigenvalue weighted by Crippen LogP contribution is -2.32. The van der Waals surface area contributed by atoms with Crippen LogP contribution in [0.25, 0.3) is 0 Å². The molecule has 2 heteroatoms. The molecule has 0 aromatic carbocycles. The van der Waals surface area contributed by atoms with Crippen molar-refractivity contribution >= 4 is 5.97 Å². The number of rotatable bonds is 4. The van der Waals surface area contributed by atoms with E-state index in [9.17, 15) is 9.90 Å². The second-order valence-corrected chi connectivity index (χ2v) is 4.23. The van der Waals surface area contributed by atoms with Gasteiger partial charge in [0.2, 0.25) is 0 Å². The van der Waals surface area contributed by atoms with Gasteiger partial charge in [0.25, 0.3) is 0 Å². The molecule has 0 aromatic heterocycles. The van der Waals surface area contributed by atoms with Crippen molar-refractivity contribution < 1.29 is 9.90 Å². The molecule has 0 saturated heterocycles. The SMILES string of the molecule is CCCCC1(C([O])=O)CCCCC1. The highest BCUT2D eigenvalue weighted by atomic mass is 16.4. The van der Waals surface area contributed by atoms with Crippen molar-refractivity contribution in [1.29, 1.82) is 0 Å². The standard InChI is InChI=1S/C11H19O2/c1-2-3-7-11(10(12)13)8-5-4-6-9-11/h2-9H2,1H3. The molecule has 75 valence electrons. The summed E-state index contributed by atoms with van der Waals surface area (Å²) in [5.41, 5.74) is -0.464. The Kier molecular flexibility index (Phi) is 3.76. The van der Waals surface area contributed by atoms with Gasteiger partial charge in [0, 0.05) is 0 Å². The zero-order valence-electron chi connectivity index (χ0n) is 8.47. The normalized spacial score (nSPS) is 21.3. The van der Waals surface area contributed by atoms with E-state index in [1.54, 1.807) is 0 Å². The minimum absolute atomic E-state index is 0.464. The molecule has 1 aliphatic rings. The number of unbranched alkanes of at least 4 members (excludes halogenated alkanes) is 1. The Morgan fingerprint density at radius 2 is 1.85 bits per heavy atom. The van der Waals surface area contributed by atoms with E-state index in [0.717, 1.165) is 44.9 Å². The molecule has 13 heavy (non-hydrogen) atoms. The van der Waals surface area contributed by atoms with E-state index in [1.807, 2.05) is 0 Å². The minimum Gasteiger partial charge on any atom is -0.247 e. The summed E-state index contributed by atoms with van der Waals surface area (Å²) < 4.78 is 0. The zero-order chi connectivity index (χ0) is 9.73. The second kappa shape index (κ2) is 4.64. The monoisotopic (exact) mass is 183 g/mol. The third-order valence-electron chi connectivity index (χ3n) is 3.25. The lowest BCUT2D eigenvalue weighted by Gasteiger charge is -2.31. The number of hydrogen-bond donors (Lipinski definition) is 0. The third kappa shape index (κ3) is 2.45. The maximum absolute atomic E-state index is 11.1. The smallest absolute Gasteiger partial charge is 0.247 e. The van der Waals surface area contributed by atoms with Gasteiger partial charge in [-0.05, 0) is 19.3 Å². The molecule has 0 N–H and O–H groups in total. The van der Waals surface area contributed by atoms with E-state index in [4.69, 9.17) is 0 Å². The molecule has 1 radical (unpaired) electrons. The van der Waals surface area contributed by atoms with Gasteiger partial charge in [-0.2, -0.15) is 0 Å². The van der Waals surface area contributed by atoms with Crippen LogP contribution in [0.4, 0.5) is 0 Å². The molecule has 1 saturated carbocycles. The van der Waals surface area contributed by atoms with E-state index in [2.05, 4.69) is 6.92 Å². The van der Waals surface area contributed by atoms with Crippen LogP contribution in [-0.2, 0) is 9.90 Å². The van der Waals surface area contributed by atoms with E-state index < -0.39 is 11.4 Å². The number of carbonyl (C=O) groups is 1. The van der Waals surface area contributed by atoms with Crippen LogP contribution in [0.2, 0.25) is 0 Å². The van der Waals surface area contributed by atoms with E-state index in [-0.39, 0.29) is 0 Å². The molecule has 0 bridgehead atoms. The van der Waals surface area contributed by atoms with Crippen molar-refractivity contribution in [2.24, 2.45) is 5.41 Å². The van der Waals surface area contributed by atoms with Gasteiger partial charge < -0.3 is 0 Å². The third-order valence-corrected chi connectivity index (χ3v) is 3.25. The first-order valence-electron chi connectivity index (χ1n) is 5.43. The maximum atomic E-state index is 11.1. The molecule has 0 atom stereocenters. The first kappa shape index (κ1) is 10.6. The maximum Gasteiger partial charge on any atom is 0.361 e. The minimum atomic E-state index is -0.805. The van der Waals surface area contributed by atoms with Gasteiger partial charge in [0.05, 0.1) is 5.41 Å². The van der Waals surface area contributed by atoms with E-state index in [1.165, 1.54) is 6.42 Å². The van der Waals surface area contributed by atoms with E-state index in [0.29, 0.717) is 0 Å². The first-order valence-corrected chi connectivity index (χ1v) is 5.43. The Morgan fingerprint density at radius 1 is 1.23 bits per heavy atom. The predicted molar refractivity (Wildman–Crippen MR) is 50.7 cm³/mol. The van der Waals surface area contributed by atoms with Gasteiger partial charge >= 0.3 is 5.97 Å². The topological polar surface area (TPSA) is 37.0 Å². The second-order valence-electron chi connectivity index (χ2n) is 4.23. The average molecular weight is 183 g/mol. The summed E-state index contributed by atoms with van der Waals surface area (Å²) in [5, 5.41) is 11.1. The lowest BCUT2D eigenvalue weighted by atomic mass is 9.71. The molecule has 2 nitrogen and oxygen atoms in total. The Labute approximate surface area is 80.3 Å². The molecular weight excluding hydrogens is 164 g/mol. The molecule has 1 rings (SSSR count). The molecule has 0 aliphatic heterocycles. The lowest BCUT2D eigenvalue weighted by molar-refractivity contribution is -0.158. The Morgan fingerprint density at radius 3 is 2.31 bits per heavy atom. The Bertz CT molecular complexity index is 169. The fraction of sp³-hybridized carbons (Fsp3) is 0.909. The van der Waals surface area contributed by atoms with Crippen LogP contribution in [0, 0.1) is 5.41 Å². The quantitative estimate of drug-likeness (QED) is 0.659. The summed E-state index contributed by atoms with van der Waals surface area (Å²) in [6.07, 6.45) is 7.94. The number of carbonyl (C=O) groups excluding carboxylic acids is 1. The van der Waals surface area contributed by atoms with Gasteiger partial charge in [-0.25, -0.2) is 9.90 Å². The van der Waals surface area contributed by atoms with Crippen LogP contribution in [0.5, 0.6) is 0 Å². The van der Waals surface area contributed by atoms with Crippen LogP contribution < -0.4 is 0 Å². The van der Waals surface area contributed by atoms with Crippen LogP contribution >= 0.6 is 0 Å². The van der Waals surface area contributed by atoms with E-state index >= 15 is 0 Å². The summed E-state index contributed by atoms with van der Waals surface area (Å²) >= 11 is 0. The van der Waals surface area contributed by atoms with Crippen LogP contribution in [0.3, 0.4) is 0 Å². The summed E-state index contributed by atoms with van der Waals surface area (Å²) in [5.74, 6) is -0.805. The van der Waals surface area contributed by atoms with Gasteiger partial charge in [-0.1, -0.05) is 39.0 Å². The first-order chi connectivity index (χ1) is 6.21. The molecule has 0 unspecified atom stereocenters. The largest absolute Gasteiger partial charge is 0.361 e. The van der Waals surface area contributed by atoms with Crippen molar-refractivity contribution in [3.63, 3.8) is 0 Å². The van der Waals surface area contributed by atoms with Crippen LogP contribution in [0.15, 0.2) is 0 Å². The molecule has 0 heterocycles. The van der Waals surface area contributed by atoms with Gasteiger partial charge in [-0.15, -0.1) is 0 Å². The van der Waals surface area contributed by atoms with Crippen LogP contribution in [0.1, 0.15) is 58.3 Å². The van der Waals surface area contributed by atoms with Crippen molar-refractivity contribution in [2.75, 3.05) is 0 Å². The van der Waals surface area contributed by atoms with Crippen molar-refractivity contribution in [1.82, 2.24) is 0 Å². The molecule has 1 fully saturated rings. The molecular formula is C11H19O2. The van der Waals surface area contributed by atoms with Crippen molar-refractivity contribution in [3.8, 4) is 0 Å². The van der Waals surface area contributed by atoms with Gasteiger partial charge in [-0.3, -0.25) is 0 Å². The highest BCUT2D eigenvalue weighted by Crippen LogP contribution is 2.40. The zero-order valence-corrected chi connectivity index (χ0v) is 8.47. The molecule has 0 amide bonds. The van der Waals surface area contributed by atoms with Gasteiger partial charge in [0.15, 0.2) is 0 Å². The summed E-state index contributed by atoms with van der Waals surface area (Å²) in [6, 6.07) is 0. The summed E-state index contributed by atoms with van der Waals surface area (Å²) in [6.45, 7) is 2.10. The van der Waals surface area contributed by atoms with Crippen LogP contribution in [-0.4, -0.2) is 5.97 Å². The van der Waals surface area contributed by atoms with Gasteiger partial charge in [0.1, 0.15) is 0 Å². The molecule has 1 aliphatic carbocycles. The van der Waals surface area contributed by atoms with Crippen molar-refractivity contribution in [2.45, 2.75) is 58.3 Å². The Hall–Kier alpha value is -0.530.